The molecule has 0 bridgehead atoms. The number of rotatable bonds is 6. The van der Waals surface area contributed by atoms with Crippen molar-refractivity contribution in [2.45, 2.75) is 20.4 Å². The van der Waals surface area contributed by atoms with Gasteiger partial charge in [-0.05, 0) is 56.3 Å². The second kappa shape index (κ2) is 9.01. The lowest BCUT2D eigenvalue weighted by Gasteiger charge is -2.21. The third-order valence-corrected chi connectivity index (χ3v) is 4.94. The number of allylic oxidation sites excluding steroid dienone is 4. The summed E-state index contributed by atoms with van der Waals surface area (Å²) in [6.45, 7) is 7.99. The van der Waals surface area contributed by atoms with Crippen molar-refractivity contribution in [2.24, 2.45) is 0 Å². The van der Waals surface area contributed by atoms with Crippen LogP contribution in [-0.2, 0) is 6.54 Å². The Kier molecular flexibility index (Phi) is 5.98. The Labute approximate surface area is 185 Å². The molecule has 0 atom stereocenters. The molecule has 0 fully saturated rings. The standard InChI is InChI=1S/C25H23F2N5/c1-4-12-31-16-19(9-8-18(31)3)23-14-24(28-15-20-13-21(26)10-11-22(20)27)30-32(23)25-7-5-6-17(2)29-25/h4-14,16H,3,15H2,1-2H3,(H,28,30)/b12-4-. The number of nitrogens with one attached hydrogen (secondary N) is 1. The molecule has 7 heteroatoms. The van der Waals surface area contributed by atoms with E-state index in [0.717, 1.165) is 34.8 Å². The first-order chi connectivity index (χ1) is 15.4. The molecule has 0 spiro atoms. The predicted octanol–water partition coefficient (Wildman–Crippen LogP) is 5.73. The summed E-state index contributed by atoms with van der Waals surface area (Å²) in [5.74, 6) is 0.210. The van der Waals surface area contributed by atoms with Gasteiger partial charge in [-0.25, -0.2) is 18.4 Å². The zero-order valence-corrected chi connectivity index (χ0v) is 17.9. The molecule has 0 saturated carbocycles. The Bertz CT molecular complexity index is 1250. The monoisotopic (exact) mass is 431 g/mol. The van der Waals surface area contributed by atoms with Crippen LogP contribution in [0.3, 0.4) is 0 Å². The van der Waals surface area contributed by atoms with Gasteiger partial charge in [-0.2, -0.15) is 0 Å². The molecule has 3 heterocycles. The van der Waals surface area contributed by atoms with E-state index in [-0.39, 0.29) is 12.1 Å². The van der Waals surface area contributed by atoms with Crippen molar-refractivity contribution in [2.75, 3.05) is 5.32 Å². The van der Waals surface area contributed by atoms with Gasteiger partial charge >= 0.3 is 0 Å². The average Bonchev–Trinajstić information content (AvgIpc) is 3.20. The number of aryl methyl sites for hydroxylation is 1. The number of hydrogen-bond donors (Lipinski definition) is 1. The molecule has 1 aromatic carbocycles. The van der Waals surface area contributed by atoms with Crippen molar-refractivity contribution in [3.8, 4) is 5.82 Å². The van der Waals surface area contributed by atoms with Crippen molar-refractivity contribution in [1.29, 1.82) is 0 Å². The van der Waals surface area contributed by atoms with Gasteiger partial charge < -0.3 is 10.2 Å². The first kappa shape index (κ1) is 21.2. The molecule has 162 valence electrons. The zero-order chi connectivity index (χ0) is 22.7. The van der Waals surface area contributed by atoms with E-state index in [4.69, 9.17) is 0 Å². The number of benzene rings is 1. The molecule has 0 saturated heterocycles. The summed E-state index contributed by atoms with van der Waals surface area (Å²) in [7, 11) is 0. The minimum Gasteiger partial charge on any atom is -0.364 e. The number of hydrogen-bond acceptors (Lipinski definition) is 4. The van der Waals surface area contributed by atoms with E-state index in [2.05, 4.69) is 22.0 Å². The molecular formula is C25H23F2N5. The molecule has 1 N–H and O–H groups in total. The summed E-state index contributed by atoms with van der Waals surface area (Å²) in [4.78, 5) is 6.52. The Morgan fingerprint density at radius 1 is 1.12 bits per heavy atom. The number of pyridine rings is 1. The SMILES string of the molecule is C=C1C=CC(c2cc(NCc3cc(F)ccc3F)nn2-c2cccc(C)n2)=CN1/C=C\C. The highest BCUT2D eigenvalue weighted by Crippen LogP contribution is 2.28. The van der Waals surface area contributed by atoms with Gasteiger partial charge in [-0.15, -0.1) is 5.10 Å². The quantitative estimate of drug-likeness (QED) is 0.542. The predicted molar refractivity (Wildman–Crippen MR) is 123 cm³/mol. The van der Waals surface area contributed by atoms with E-state index in [1.165, 1.54) is 6.07 Å². The molecule has 1 aliphatic rings. The lowest BCUT2D eigenvalue weighted by Crippen LogP contribution is -2.12. The Balaban J connectivity index is 1.72. The van der Waals surface area contributed by atoms with Crippen LogP contribution in [0.4, 0.5) is 14.6 Å². The van der Waals surface area contributed by atoms with Crippen LogP contribution in [0, 0.1) is 18.6 Å². The summed E-state index contributed by atoms with van der Waals surface area (Å²) >= 11 is 0. The lowest BCUT2D eigenvalue weighted by molar-refractivity contribution is 0.587. The van der Waals surface area contributed by atoms with E-state index in [1.54, 1.807) is 4.68 Å². The zero-order valence-electron chi connectivity index (χ0n) is 17.9. The highest BCUT2D eigenvalue weighted by atomic mass is 19.1. The second-order valence-electron chi connectivity index (χ2n) is 7.35. The summed E-state index contributed by atoms with van der Waals surface area (Å²) < 4.78 is 29.3. The average molecular weight is 431 g/mol. The normalized spacial score (nSPS) is 13.7. The van der Waals surface area contributed by atoms with E-state index in [0.29, 0.717) is 11.6 Å². The number of anilines is 1. The summed E-state index contributed by atoms with van der Waals surface area (Å²) in [6, 6.07) is 11.0. The molecular weight excluding hydrogens is 408 g/mol. The van der Waals surface area contributed by atoms with Crippen LogP contribution >= 0.6 is 0 Å². The van der Waals surface area contributed by atoms with Crippen molar-refractivity contribution >= 4 is 11.4 Å². The molecule has 0 amide bonds. The fourth-order valence-corrected chi connectivity index (χ4v) is 3.36. The fourth-order valence-electron chi connectivity index (χ4n) is 3.36. The first-order valence-corrected chi connectivity index (χ1v) is 10.2. The molecule has 32 heavy (non-hydrogen) atoms. The van der Waals surface area contributed by atoms with Gasteiger partial charge in [0.25, 0.3) is 0 Å². The lowest BCUT2D eigenvalue weighted by atomic mass is 10.1. The van der Waals surface area contributed by atoms with Gasteiger partial charge in [-0.3, -0.25) is 0 Å². The third kappa shape index (κ3) is 4.51. The fraction of sp³-hybridized carbons (Fsp3) is 0.120. The van der Waals surface area contributed by atoms with E-state index in [9.17, 15) is 8.78 Å². The maximum Gasteiger partial charge on any atom is 0.154 e. The Hall–Kier alpha value is -4.00. The van der Waals surface area contributed by atoms with Gasteiger partial charge in [0.1, 0.15) is 17.5 Å². The minimum atomic E-state index is -0.486. The van der Waals surface area contributed by atoms with Gasteiger partial charge in [0, 0.05) is 47.5 Å². The smallest absolute Gasteiger partial charge is 0.154 e. The maximum absolute atomic E-state index is 14.0. The van der Waals surface area contributed by atoms with Crippen molar-refractivity contribution in [1.82, 2.24) is 19.7 Å². The van der Waals surface area contributed by atoms with Gasteiger partial charge in [-0.1, -0.05) is 18.7 Å². The van der Waals surface area contributed by atoms with E-state index in [1.807, 2.05) is 73.6 Å². The number of halogens is 2. The first-order valence-electron chi connectivity index (χ1n) is 10.2. The van der Waals surface area contributed by atoms with Crippen molar-refractivity contribution in [3.63, 3.8) is 0 Å². The van der Waals surface area contributed by atoms with Crippen LogP contribution in [0.15, 0.2) is 85.4 Å². The Morgan fingerprint density at radius 2 is 1.97 bits per heavy atom. The van der Waals surface area contributed by atoms with Gasteiger partial charge in [0.05, 0.1) is 5.69 Å². The molecule has 0 radical (unpaired) electrons. The number of aromatic nitrogens is 3. The maximum atomic E-state index is 14.0. The highest BCUT2D eigenvalue weighted by molar-refractivity contribution is 5.76. The molecule has 1 aliphatic heterocycles. The molecule has 5 nitrogen and oxygen atoms in total. The van der Waals surface area contributed by atoms with Crippen LogP contribution in [-0.4, -0.2) is 19.7 Å². The van der Waals surface area contributed by atoms with E-state index >= 15 is 0 Å². The van der Waals surface area contributed by atoms with E-state index < -0.39 is 11.6 Å². The second-order valence-corrected chi connectivity index (χ2v) is 7.35. The van der Waals surface area contributed by atoms with Crippen LogP contribution in [0.5, 0.6) is 0 Å². The summed E-state index contributed by atoms with van der Waals surface area (Å²) in [6.07, 6.45) is 9.69. The largest absolute Gasteiger partial charge is 0.364 e. The van der Waals surface area contributed by atoms with Crippen molar-refractivity contribution in [3.05, 3.63) is 114 Å². The molecule has 4 rings (SSSR count). The van der Waals surface area contributed by atoms with Crippen molar-refractivity contribution < 1.29 is 8.78 Å². The summed E-state index contributed by atoms with van der Waals surface area (Å²) in [5, 5.41) is 7.74. The minimum absolute atomic E-state index is 0.0949. The van der Waals surface area contributed by atoms with Crippen LogP contribution in [0.1, 0.15) is 23.9 Å². The third-order valence-electron chi connectivity index (χ3n) is 4.94. The van der Waals surface area contributed by atoms with Crippen LogP contribution in [0.2, 0.25) is 0 Å². The Morgan fingerprint density at radius 3 is 2.75 bits per heavy atom. The highest BCUT2D eigenvalue weighted by Gasteiger charge is 2.17. The molecule has 0 aliphatic carbocycles. The van der Waals surface area contributed by atoms with Gasteiger partial charge in [0.2, 0.25) is 0 Å². The molecule has 2 aromatic heterocycles. The topological polar surface area (TPSA) is 46.0 Å². The summed E-state index contributed by atoms with van der Waals surface area (Å²) in [5.41, 5.74) is 3.62. The molecule has 3 aromatic rings. The van der Waals surface area contributed by atoms with Crippen LogP contribution in [0.25, 0.3) is 11.4 Å². The van der Waals surface area contributed by atoms with Gasteiger partial charge in [0.15, 0.2) is 5.82 Å². The van der Waals surface area contributed by atoms with Crippen LogP contribution < -0.4 is 5.32 Å². The number of nitrogens with zero attached hydrogens (tertiary/aromatic N) is 4. The molecule has 0 unspecified atom stereocenters.